The summed E-state index contributed by atoms with van der Waals surface area (Å²) in [7, 11) is 1.75. The molecular formula is C12H26N2O. The standard InChI is InChI=1S/C12H26N2O/c1-10-7-11(2)14(9-10)12(3)8-13-5-6-15-4/h10-13H,5-9H2,1-4H3. The summed E-state index contributed by atoms with van der Waals surface area (Å²) < 4.78 is 5.01. The first-order chi connectivity index (χ1) is 7.15. The molecule has 1 aliphatic rings. The fourth-order valence-electron chi connectivity index (χ4n) is 2.55. The lowest BCUT2D eigenvalue weighted by Crippen LogP contribution is -2.42. The summed E-state index contributed by atoms with van der Waals surface area (Å²) in [4.78, 5) is 2.62. The number of nitrogens with one attached hydrogen (secondary N) is 1. The molecule has 1 N–H and O–H groups in total. The van der Waals surface area contributed by atoms with Crippen LogP contribution in [0, 0.1) is 5.92 Å². The van der Waals surface area contributed by atoms with E-state index in [0.717, 1.165) is 31.7 Å². The maximum absolute atomic E-state index is 5.01. The number of hydrogen-bond acceptors (Lipinski definition) is 3. The Morgan fingerprint density at radius 1 is 1.47 bits per heavy atom. The Kier molecular flexibility index (Phi) is 5.58. The minimum absolute atomic E-state index is 0.641. The fraction of sp³-hybridized carbons (Fsp3) is 1.00. The van der Waals surface area contributed by atoms with E-state index in [1.807, 2.05) is 0 Å². The molecule has 0 aromatic rings. The molecule has 0 saturated carbocycles. The number of rotatable bonds is 6. The Balaban J connectivity index is 2.18. The quantitative estimate of drug-likeness (QED) is 0.675. The normalized spacial score (nSPS) is 29.6. The molecule has 0 bridgehead atoms. The van der Waals surface area contributed by atoms with Crippen molar-refractivity contribution in [1.29, 1.82) is 0 Å². The molecule has 1 saturated heterocycles. The van der Waals surface area contributed by atoms with Crippen molar-refractivity contribution in [2.45, 2.75) is 39.3 Å². The Morgan fingerprint density at radius 2 is 2.20 bits per heavy atom. The third-order valence-electron chi connectivity index (χ3n) is 3.32. The Hall–Kier alpha value is -0.120. The zero-order chi connectivity index (χ0) is 11.3. The smallest absolute Gasteiger partial charge is 0.0587 e. The predicted molar refractivity (Wildman–Crippen MR) is 64.2 cm³/mol. The minimum atomic E-state index is 0.641. The van der Waals surface area contributed by atoms with Gasteiger partial charge in [0.1, 0.15) is 0 Å². The molecule has 0 radical (unpaired) electrons. The molecule has 1 aliphatic heterocycles. The largest absolute Gasteiger partial charge is 0.383 e. The maximum Gasteiger partial charge on any atom is 0.0587 e. The van der Waals surface area contributed by atoms with Crippen molar-refractivity contribution in [3.05, 3.63) is 0 Å². The molecular weight excluding hydrogens is 188 g/mol. The maximum atomic E-state index is 5.01. The Labute approximate surface area is 94.2 Å². The Morgan fingerprint density at radius 3 is 2.73 bits per heavy atom. The van der Waals surface area contributed by atoms with Crippen molar-refractivity contribution in [2.75, 3.05) is 33.4 Å². The molecule has 90 valence electrons. The fourth-order valence-corrected chi connectivity index (χ4v) is 2.55. The van der Waals surface area contributed by atoms with E-state index in [1.165, 1.54) is 13.0 Å². The molecule has 15 heavy (non-hydrogen) atoms. The third-order valence-corrected chi connectivity index (χ3v) is 3.32. The van der Waals surface area contributed by atoms with Crippen molar-refractivity contribution in [3.8, 4) is 0 Å². The van der Waals surface area contributed by atoms with Crippen molar-refractivity contribution in [3.63, 3.8) is 0 Å². The number of methoxy groups -OCH3 is 1. The van der Waals surface area contributed by atoms with Gasteiger partial charge in [0.2, 0.25) is 0 Å². The minimum Gasteiger partial charge on any atom is -0.383 e. The van der Waals surface area contributed by atoms with E-state index in [9.17, 15) is 0 Å². The molecule has 3 heteroatoms. The molecule has 0 aromatic heterocycles. The van der Waals surface area contributed by atoms with E-state index in [4.69, 9.17) is 4.74 Å². The van der Waals surface area contributed by atoms with Crippen LogP contribution in [0.2, 0.25) is 0 Å². The monoisotopic (exact) mass is 214 g/mol. The van der Waals surface area contributed by atoms with Gasteiger partial charge in [0.25, 0.3) is 0 Å². The molecule has 3 nitrogen and oxygen atoms in total. The van der Waals surface area contributed by atoms with Crippen LogP contribution in [0.1, 0.15) is 27.2 Å². The van der Waals surface area contributed by atoms with Crippen LogP contribution in [0.15, 0.2) is 0 Å². The highest BCUT2D eigenvalue weighted by atomic mass is 16.5. The summed E-state index contributed by atoms with van der Waals surface area (Å²) in [5, 5.41) is 3.43. The van der Waals surface area contributed by atoms with Gasteiger partial charge in [-0.25, -0.2) is 0 Å². The molecule has 1 fully saturated rings. The second-order valence-corrected chi connectivity index (χ2v) is 4.93. The van der Waals surface area contributed by atoms with Gasteiger partial charge in [-0.3, -0.25) is 4.90 Å². The molecule has 1 heterocycles. The number of hydrogen-bond donors (Lipinski definition) is 1. The second kappa shape index (κ2) is 6.46. The van der Waals surface area contributed by atoms with Gasteiger partial charge in [-0.05, 0) is 26.2 Å². The predicted octanol–water partition coefficient (Wildman–Crippen LogP) is 1.34. The summed E-state index contributed by atoms with van der Waals surface area (Å²) in [5.74, 6) is 0.862. The molecule has 3 atom stereocenters. The van der Waals surface area contributed by atoms with Gasteiger partial charge < -0.3 is 10.1 Å². The van der Waals surface area contributed by atoms with Gasteiger partial charge in [0.15, 0.2) is 0 Å². The van der Waals surface area contributed by atoms with Crippen molar-refractivity contribution in [1.82, 2.24) is 10.2 Å². The average molecular weight is 214 g/mol. The average Bonchev–Trinajstić information content (AvgIpc) is 2.52. The van der Waals surface area contributed by atoms with Gasteiger partial charge in [0, 0.05) is 38.8 Å². The third kappa shape index (κ3) is 4.09. The Bertz CT molecular complexity index is 175. The van der Waals surface area contributed by atoms with Gasteiger partial charge in [-0.2, -0.15) is 0 Å². The van der Waals surface area contributed by atoms with Crippen LogP contribution in [0.25, 0.3) is 0 Å². The number of likely N-dealkylation sites (tertiary alicyclic amines) is 1. The van der Waals surface area contributed by atoms with Crippen LogP contribution >= 0.6 is 0 Å². The first-order valence-corrected chi connectivity index (χ1v) is 6.10. The van der Waals surface area contributed by atoms with E-state index >= 15 is 0 Å². The van der Waals surface area contributed by atoms with Gasteiger partial charge in [0.05, 0.1) is 6.61 Å². The molecule has 1 rings (SSSR count). The van der Waals surface area contributed by atoms with Crippen LogP contribution in [-0.4, -0.2) is 50.3 Å². The number of ether oxygens (including phenoxy) is 1. The van der Waals surface area contributed by atoms with Crippen LogP contribution in [0.4, 0.5) is 0 Å². The van der Waals surface area contributed by atoms with E-state index < -0.39 is 0 Å². The van der Waals surface area contributed by atoms with Gasteiger partial charge in [-0.1, -0.05) is 6.92 Å². The van der Waals surface area contributed by atoms with Gasteiger partial charge >= 0.3 is 0 Å². The topological polar surface area (TPSA) is 24.5 Å². The summed E-state index contributed by atoms with van der Waals surface area (Å²) in [5.41, 5.74) is 0. The van der Waals surface area contributed by atoms with Crippen molar-refractivity contribution in [2.24, 2.45) is 5.92 Å². The van der Waals surface area contributed by atoms with Crippen LogP contribution in [0.5, 0.6) is 0 Å². The molecule has 3 unspecified atom stereocenters. The summed E-state index contributed by atoms with van der Waals surface area (Å²) in [6.07, 6.45) is 1.35. The van der Waals surface area contributed by atoms with Crippen LogP contribution < -0.4 is 5.32 Å². The summed E-state index contributed by atoms with van der Waals surface area (Å²) in [6, 6.07) is 1.39. The molecule has 0 aliphatic carbocycles. The molecule has 0 aromatic carbocycles. The lowest BCUT2D eigenvalue weighted by molar-refractivity contribution is 0.178. The van der Waals surface area contributed by atoms with E-state index in [1.54, 1.807) is 7.11 Å². The summed E-state index contributed by atoms with van der Waals surface area (Å²) >= 11 is 0. The second-order valence-electron chi connectivity index (χ2n) is 4.93. The SMILES string of the molecule is COCCNCC(C)N1CC(C)CC1C. The first-order valence-electron chi connectivity index (χ1n) is 6.10. The van der Waals surface area contributed by atoms with E-state index in [0.29, 0.717) is 6.04 Å². The van der Waals surface area contributed by atoms with Crippen LogP contribution in [-0.2, 0) is 4.74 Å². The zero-order valence-corrected chi connectivity index (χ0v) is 10.6. The first kappa shape index (κ1) is 12.9. The van der Waals surface area contributed by atoms with Crippen molar-refractivity contribution >= 4 is 0 Å². The van der Waals surface area contributed by atoms with E-state index in [2.05, 4.69) is 31.0 Å². The van der Waals surface area contributed by atoms with Crippen LogP contribution in [0.3, 0.4) is 0 Å². The highest BCUT2D eigenvalue weighted by Gasteiger charge is 2.29. The van der Waals surface area contributed by atoms with E-state index in [-0.39, 0.29) is 0 Å². The lowest BCUT2D eigenvalue weighted by Gasteiger charge is -2.28. The molecule has 0 amide bonds. The lowest BCUT2D eigenvalue weighted by atomic mass is 10.1. The van der Waals surface area contributed by atoms with Crippen molar-refractivity contribution < 1.29 is 4.74 Å². The van der Waals surface area contributed by atoms with Gasteiger partial charge in [-0.15, -0.1) is 0 Å². The highest BCUT2D eigenvalue weighted by Crippen LogP contribution is 2.23. The number of nitrogens with zero attached hydrogens (tertiary/aromatic N) is 1. The highest BCUT2D eigenvalue weighted by molar-refractivity contribution is 4.84. The summed E-state index contributed by atoms with van der Waals surface area (Å²) in [6.45, 7) is 11.1. The molecule has 0 spiro atoms. The zero-order valence-electron chi connectivity index (χ0n) is 10.6.